The predicted molar refractivity (Wildman–Crippen MR) is 67.2 cm³/mol. The van der Waals surface area contributed by atoms with E-state index in [-0.39, 0.29) is 5.78 Å². The Morgan fingerprint density at radius 3 is 2.67 bits per heavy atom. The Bertz CT molecular complexity index is 573. The van der Waals surface area contributed by atoms with Crippen molar-refractivity contribution in [1.29, 1.82) is 0 Å². The normalized spacial score (nSPS) is 11.3. The molecule has 1 N–H and O–H groups in total. The summed E-state index contributed by atoms with van der Waals surface area (Å²) < 4.78 is 4.82. The summed E-state index contributed by atoms with van der Waals surface area (Å²) in [6.45, 7) is 3.47. The van der Waals surface area contributed by atoms with Gasteiger partial charge in [-0.15, -0.1) is 0 Å². The molecule has 1 aromatic carbocycles. The van der Waals surface area contributed by atoms with Gasteiger partial charge < -0.3 is 9.84 Å². The third-order valence-electron chi connectivity index (χ3n) is 2.24. The quantitative estimate of drug-likeness (QED) is 0.660. The molecule has 0 aliphatic rings. The number of nitrogens with zero attached hydrogens (tertiary/aromatic N) is 2. The van der Waals surface area contributed by atoms with E-state index >= 15 is 0 Å². The Hall–Kier alpha value is -2.43. The number of ketones is 1. The minimum absolute atomic E-state index is 0.0687. The Morgan fingerprint density at radius 2 is 2.06 bits per heavy atom. The molecule has 2 rings (SSSR count). The van der Waals surface area contributed by atoms with Gasteiger partial charge in [-0.05, 0) is 12.1 Å². The largest absolute Gasteiger partial charge is 0.338 e. The predicted octanol–water partition coefficient (Wildman–Crippen LogP) is 2.58. The van der Waals surface area contributed by atoms with Crippen LogP contribution in [0.4, 0.5) is 5.95 Å². The summed E-state index contributed by atoms with van der Waals surface area (Å²) in [5, 5.41) is 6.57. The van der Waals surface area contributed by atoms with E-state index < -0.39 is 0 Å². The van der Waals surface area contributed by atoms with Crippen molar-refractivity contribution in [3.8, 4) is 0 Å². The molecule has 1 aromatic heterocycles. The van der Waals surface area contributed by atoms with Crippen molar-refractivity contribution in [3.63, 3.8) is 0 Å². The number of carbonyl (C=O) groups is 1. The Labute approximate surface area is 105 Å². The van der Waals surface area contributed by atoms with Gasteiger partial charge in [-0.1, -0.05) is 30.3 Å². The molecule has 0 aliphatic carbocycles. The second-order valence-electron chi connectivity index (χ2n) is 3.82. The fourth-order valence-corrected chi connectivity index (χ4v) is 1.44. The highest BCUT2D eigenvalue weighted by Crippen LogP contribution is 2.07. The van der Waals surface area contributed by atoms with Gasteiger partial charge in [0, 0.05) is 24.3 Å². The molecule has 0 amide bonds. The van der Waals surface area contributed by atoms with Crippen molar-refractivity contribution in [3.05, 3.63) is 53.6 Å². The molecular weight excluding hydrogens is 230 g/mol. The lowest BCUT2D eigenvalue weighted by molar-refractivity contribution is 0.104. The van der Waals surface area contributed by atoms with Crippen LogP contribution in [0.2, 0.25) is 0 Å². The van der Waals surface area contributed by atoms with Gasteiger partial charge in [0.2, 0.25) is 5.89 Å². The second-order valence-corrected chi connectivity index (χ2v) is 3.82. The summed E-state index contributed by atoms with van der Waals surface area (Å²) >= 11 is 0. The first kappa shape index (κ1) is 12.0. The number of aryl methyl sites for hydroxylation is 1. The smallest absolute Gasteiger partial charge is 0.267 e. The molecule has 5 heteroatoms. The molecule has 0 unspecified atom stereocenters. The zero-order valence-electron chi connectivity index (χ0n) is 10.2. The van der Waals surface area contributed by atoms with E-state index in [4.69, 9.17) is 4.52 Å². The van der Waals surface area contributed by atoms with Gasteiger partial charge in [-0.3, -0.25) is 4.79 Å². The molecule has 0 atom stereocenters. The van der Waals surface area contributed by atoms with Crippen molar-refractivity contribution in [2.45, 2.75) is 13.8 Å². The average molecular weight is 243 g/mol. The molecular formula is C13H13N3O2. The first-order chi connectivity index (χ1) is 8.65. The van der Waals surface area contributed by atoms with Crippen molar-refractivity contribution in [2.75, 3.05) is 5.32 Å². The maximum atomic E-state index is 11.9. The third kappa shape index (κ3) is 3.04. The number of nitrogens with one attached hydrogen (secondary N) is 1. The Morgan fingerprint density at radius 1 is 1.33 bits per heavy atom. The molecule has 1 heterocycles. The van der Waals surface area contributed by atoms with Crippen LogP contribution in [0.5, 0.6) is 0 Å². The number of allylic oxidation sites excluding steroid dienone is 2. The number of benzene rings is 1. The molecule has 0 aliphatic heterocycles. The van der Waals surface area contributed by atoms with Gasteiger partial charge in [0.15, 0.2) is 5.78 Å². The highest BCUT2D eigenvalue weighted by molar-refractivity contribution is 6.05. The number of aromatic nitrogens is 2. The van der Waals surface area contributed by atoms with Gasteiger partial charge in [-0.2, -0.15) is 4.98 Å². The van der Waals surface area contributed by atoms with Crippen molar-refractivity contribution < 1.29 is 9.32 Å². The monoisotopic (exact) mass is 243 g/mol. The number of carbonyl (C=O) groups excluding carboxylic acids is 1. The molecule has 2 aromatic rings. The van der Waals surface area contributed by atoms with E-state index in [2.05, 4.69) is 15.5 Å². The molecule has 0 radical (unpaired) electrons. The van der Waals surface area contributed by atoms with E-state index in [9.17, 15) is 4.79 Å². The van der Waals surface area contributed by atoms with E-state index in [1.165, 1.54) is 6.08 Å². The van der Waals surface area contributed by atoms with Crippen LogP contribution in [0, 0.1) is 6.92 Å². The van der Waals surface area contributed by atoms with E-state index in [0.29, 0.717) is 23.1 Å². The van der Waals surface area contributed by atoms with E-state index in [1.807, 2.05) is 18.2 Å². The van der Waals surface area contributed by atoms with Crippen LogP contribution < -0.4 is 5.32 Å². The lowest BCUT2D eigenvalue weighted by Crippen LogP contribution is -2.02. The van der Waals surface area contributed by atoms with Gasteiger partial charge in [0.25, 0.3) is 5.95 Å². The first-order valence-electron chi connectivity index (χ1n) is 5.50. The zero-order valence-corrected chi connectivity index (χ0v) is 10.2. The van der Waals surface area contributed by atoms with Crippen LogP contribution in [-0.4, -0.2) is 15.9 Å². The van der Waals surface area contributed by atoms with Gasteiger partial charge in [0.1, 0.15) is 0 Å². The molecule has 5 nitrogen and oxygen atoms in total. The topological polar surface area (TPSA) is 68.0 Å². The average Bonchev–Trinajstić information content (AvgIpc) is 2.75. The molecule has 0 fully saturated rings. The summed E-state index contributed by atoms with van der Waals surface area (Å²) in [7, 11) is 0. The fraction of sp³-hybridized carbons (Fsp3) is 0.154. The Balaban J connectivity index is 2.07. The third-order valence-corrected chi connectivity index (χ3v) is 2.24. The lowest BCUT2D eigenvalue weighted by atomic mass is 10.1. The summed E-state index contributed by atoms with van der Waals surface area (Å²) in [6.07, 6.45) is 1.50. The fourth-order valence-electron chi connectivity index (χ4n) is 1.44. The lowest BCUT2D eigenvalue weighted by Gasteiger charge is -2.00. The molecule has 0 saturated carbocycles. The summed E-state index contributed by atoms with van der Waals surface area (Å²) in [6, 6.07) is 9.06. The number of anilines is 1. The SMILES string of the molecule is C/C(=C\C(=O)c1ccccc1)Nc1noc(C)n1. The zero-order chi connectivity index (χ0) is 13.0. The number of hydrogen-bond acceptors (Lipinski definition) is 5. The van der Waals surface area contributed by atoms with Crippen LogP contribution >= 0.6 is 0 Å². The van der Waals surface area contributed by atoms with Gasteiger partial charge >= 0.3 is 0 Å². The highest BCUT2D eigenvalue weighted by Gasteiger charge is 2.04. The highest BCUT2D eigenvalue weighted by atomic mass is 16.5. The van der Waals surface area contributed by atoms with Gasteiger partial charge in [-0.25, -0.2) is 0 Å². The standard InChI is InChI=1S/C13H13N3O2/c1-9(14-13-15-10(2)18-16-13)8-12(17)11-6-4-3-5-7-11/h3-8H,1-2H3,(H,14,16)/b9-8+. The summed E-state index contributed by atoms with van der Waals surface area (Å²) in [5.41, 5.74) is 1.30. The van der Waals surface area contributed by atoms with Crippen LogP contribution in [0.25, 0.3) is 0 Å². The maximum Gasteiger partial charge on any atom is 0.267 e. The van der Waals surface area contributed by atoms with Crippen molar-refractivity contribution in [2.24, 2.45) is 0 Å². The maximum absolute atomic E-state index is 11.9. The minimum Gasteiger partial charge on any atom is -0.338 e. The van der Waals surface area contributed by atoms with E-state index in [1.54, 1.807) is 26.0 Å². The number of rotatable bonds is 4. The molecule has 92 valence electrons. The van der Waals surface area contributed by atoms with Crippen LogP contribution in [0.1, 0.15) is 23.2 Å². The first-order valence-corrected chi connectivity index (χ1v) is 5.50. The minimum atomic E-state index is -0.0687. The summed E-state index contributed by atoms with van der Waals surface area (Å²) in [5.74, 6) is 0.752. The van der Waals surface area contributed by atoms with E-state index in [0.717, 1.165) is 0 Å². The molecule has 0 bridgehead atoms. The molecule has 0 spiro atoms. The molecule has 0 saturated heterocycles. The second kappa shape index (κ2) is 5.27. The van der Waals surface area contributed by atoms with Crippen LogP contribution in [-0.2, 0) is 0 Å². The van der Waals surface area contributed by atoms with Crippen LogP contribution in [0.15, 0.2) is 46.6 Å². The van der Waals surface area contributed by atoms with Crippen molar-refractivity contribution in [1.82, 2.24) is 10.1 Å². The number of hydrogen-bond donors (Lipinski definition) is 1. The van der Waals surface area contributed by atoms with Crippen LogP contribution in [0.3, 0.4) is 0 Å². The molecule has 18 heavy (non-hydrogen) atoms. The summed E-state index contributed by atoms with van der Waals surface area (Å²) in [4.78, 5) is 15.9. The Kier molecular flexibility index (Phi) is 3.52. The van der Waals surface area contributed by atoms with Crippen molar-refractivity contribution >= 4 is 11.7 Å². The van der Waals surface area contributed by atoms with Gasteiger partial charge in [0.05, 0.1) is 0 Å².